The van der Waals surface area contributed by atoms with Gasteiger partial charge in [-0.15, -0.1) is 0 Å². The summed E-state index contributed by atoms with van der Waals surface area (Å²) in [4.78, 5) is 25.6. The molecule has 2 rings (SSSR count). The molecule has 144 valence electrons. The molecule has 0 aromatic heterocycles. The predicted octanol–water partition coefficient (Wildman–Crippen LogP) is 2.28. The van der Waals surface area contributed by atoms with E-state index in [0.29, 0.717) is 15.6 Å². The average molecular weight is 430 g/mol. The molecule has 0 aliphatic heterocycles. The first kappa shape index (κ1) is 21.2. The number of anilines is 1. The lowest BCUT2D eigenvalue weighted by Crippen LogP contribution is -2.35. The molecule has 0 atom stereocenters. The standard InChI is InChI=1S/C17H17Cl2N3O4S/c1-22(10-15(23)21-17-13(18)3-2-4-14(17)19)16(24)9-11-5-7-12(8-6-11)27(20,25)26/h2-8H,9-10H2,1H3,(H,21,23)(H2,20,25,26). The topological polar surface area (TPSA) is 110 Å². The highest BCUT2D eigenvalue weighted by Gasteiger charge is 2.16. The van der Waals surface area contributed by atoms with Crippen molar-refractivity contribution in [1.29, 1.82) is 0 Å². The van der Waals surface area contributed by atoms with E-state index in [9.17, 15) is 18.0 Å². The Morgan fingerprint density at radius 2 is 1.63 bits per heavy atom. The van der Waals surface area contributed by atoms with Crippen LogP contribution >= 0.6 is 23.2 Å². The Morgan fingerprint density at radius 1 is 1.07 bits per heavy atom. The number of nitrogens with two attached hydrogens (primary N) is 1. The number of carbonyl (C=O) groups excluding carboxylic acids is 2. The molecule has 0 aliphatic carbocycles. The minimum atomic E-state index is -3.79. The van der Waals surface area contributed by atoms with Crippen molar-refractivity contribution in [3.05, 3.63) is 58.1 Å². The van der Waals surface area contributed by atoms with E-state index >= 15 is 0 Å². The molecule has 0 spiro atoms. The second kappa shape index (κ2) is 8.71. The molecule has 2 aromatic carbocycles. The number of benzene rings is 2. The predicted molar refractivity (Wildman–Crippen MR) is 104 cm³/mol. The van der Waals surface area contributed by atoms with Gasteiger partial charge in [-0.3, -0.25) is 9.59 Å². The van der Waals surface area contributed by atoms with Gasteiger partial charge in [0.15, 0.2) is 0 Å². The number of hydrogen-bond donors (Lipinski definition) is 2. The van der Waals surface area contributed by atoms with Gasteiger partial charge in [0.2, 0.25) is 21.8 Å². The summed E-state index contributed by atoms with van der Waals surface area (Å²) in [5.74, 6) is -0.774. The lowest BCUT2D eigenvalue weighted by molar-refractivity contribution is -0.132. The second-order valence-electron chi connectivity index (χ2n) is 5.76. The maximum atomic E-state index is 12.3. The average Bonchev–Trinajstić information content (AvgIpc) is 2.58. The van der Waals surface area contributed by atoms with Gasteiger partial charge in [-0.2, -0.15) is 0 Å². The highest BCUT2D eigenvalue weighted by Crippen LogP contribution is 2.29. The van der Waals surface area contributed by atoms with Crippen LogP contribution in [0.15, 0.2) is 47.4 Å². The molecule has 0 fully saturated rings. The van der Waals surface area contributed by atoms with Crippen LogP contribution in [0.1, 0.15) is 5.56 Å². The first-order valence-electron chi connectivity index (χ1n) is 7.67. The fourth-order valence-corrected chi connectivity index (χ4v) is 3.21. The van der Waals surface area contributed by atoms with Gasteiger partial charge in [-0.05, 0) is 29.8 Å². The van der Waals surface area contributed by atoms with Crippen LogP contribution < -0.4 is 10.5 Å². The fourth-order valence-electron chi connectivity index (χ4n) is 2.21. The number of halogens is 2. The highest BCUT2D eigenvalue weighted by atomic mass is 35.5. The molecular weight excluding hydrogens is 413 g/mol. The van der Waals surface area contributed by atoms with Gasteiger partial charge in [0, 0.05) is 7.05 Å². The van der Waals surface area contributed by atoms with Crippen LogP contribution in [0.3, 0.4) is 0 Å². The maximum absolute atomic E-state index is 12.3. The molecule has 0 saturated carbocycles. The Labute approximate surface area is 167 Å². The molecule has 3 N–H and O–H groups in total. The van der Waals surface area contributed by atoms with Crippen molar-refractivity contribution in [2.45, 2.75) is 11.3 Å². The molecule has 0 heterocycles. The maximum Gasteiger partial charge on any atom is 0.244 e. The number of amides is 2. The van der Waals surface area contributed by atoms with E-state index < -0.39 is 15.9 Å². The van der Waals surface area contributed by atoms with Crippen LogP contribution in [0.2, 0.25) is 10.0 Å². The molecule has 10 heteroatoms. The summed E-state index contributed by atoms with van der Waals surface area (Å²) in [5, 5.41) is 8.19. The minimum Gasteiger partial charge on any atom is -0.336 e. The first-order chi connectivity index (χ1) is 12.6. The summed E-state index contributed by atoms with van der Waals surface area (Å²) >= 11 is 12.0. The number of likely N-dealkylation sites (N-methyl/N-ethyl adjacent to an activating group) is 1. The van der Waals surface area contributed by atoms with Crippen LogP contribution in [0.5, 0.6) is 0 Å². The lowest BCUT2D eigenvalue weighted by atomic mass is 10.1. The smallest absolute Gasteiger partial charge is 0.244 e. The second-order valence-corrected chi connectivity index (χ2v) is 8.14. The summed E-state index contributed by atoms with van der Waals surface area (Å²) in [7, 11) is -2.31. The van der Waals surface area contributed by atoms with Crippen molar-refractivity contribution in [2.24, 2.45) is 5.14 Å². The summed E-state index contributed by atoms with van der Waals surface area (Å²) in [6.45, 7) is -0.199. The van der Waals surface area contributed by atoms with E-state index in [1.807, 2.05) is 0 Å². The van der Waals surface area contributed by atoms with Gasteiger partial charge in [0.1, 0.15) is 0 Å². The quantitative estimate of drug-likeness (QED) is 0.733. The molecular formula is C17H17Cl2N3O4S. The zero-order valence-corrected chi connectivity index (χ0v) is 16.6. The van der Waals surface area contributed by atoms with E-state index in [-0.39, 0.29) is 29.5 Å². The summed E-state index contributed by atoms with van der Waals surface area (Å²) in [5.41, 5.74) is 0.874. The fraction of sp³-hybridized carbons (Fsp3) is 0.176. The Balaban J connectivity index is 1.96. The number of sulfonamides is 1. The zero-order chi connectivity index (χ0) is 20.2. The largest absolute Gasteiger partial charge is 0.336 e. The van der Waals surface area contributed by atoms with Crippen molar-refractivity contribution >= 4 is 50.7 Å². The van der Waals surface area contributed by atoms with Crippen molar-refractivity contribution < 1.29 is 18.0 Å². The number of nitrogens with zero attached hydrogens (tertiary/aromatic N) is 1. The minimum absolute atomic E-state index is 0.00152. The highest BCUT2D eigenvalue weighted by molar-refractivity contribution is 7.89. The summed E-state index contributed by atoms with van der Waals surface area (Å²) < 4.78 is 22.5. The normalized spacial score (nSPS) is 11.1. The number of para-hydroxylation sites is 1. The molecule has 2 aromatic rings. The molecule has 0 radical (unpaired) electrons. The van der Waals surface area contributed by atoms with Crippen LogP contribution in [0.4, 0.5) is 5.69 Å². The van der Waals surface area contributed by atoms with E-state index in [1.54, 1.807) is 18.2 Å². The lowest BCUT2D eigenvalue weighted by Gasteiger charge is -2.17. The van der Waals surface area contributed by atoms with Gasteiger partial charge >= 0.3 is 0 Å². The van der Waals surface area contributed by atoms with Crippen LogP contribution in [0, 0.1) is 0 Å². The Morgan fingerprint density at radius 3 is 2.15 bits per heavy atom. The van der Waals surface area contributed by atoms with Crippen molar-refractivity contribution in [1.82, 2.24) is 4.90 Å². The van der Waals surface area contributed by atoms with E-state index in [2.05, 4.69) is 5.32 Å². The third-order valence-corrected chi connectivity index (χ3v) is 5.20. The van der Waals surface area contributed by atoms with Gasteiger partial charge in [0.05, 0.1) is 33.6 Å². The van der Waals surface area contributed by atoms with Crippen molar-refractivity contribution in [2.75, 3.05) is 18.9 Å². The number of nitrogens with one attached hydrogen (secondary N) is 1. The molecule has 27 heavy (non-hydrogen) atoms. The number of carbonyl (C=O) groups is 2. The third kappa shape index (κ3) is 5.93. The SMILES string of the molecule is CN(CC(=O)Nc1c(Cl)cccc1Cl)C(=O)Cc1ccc(S(N)(=O)=O)cc1. The molecule has 0 bridgehead atoms. The van der Waals surface area contributed by atoms with E-state index in [0.717, 1.165) is 0 Å². The summed E-state index contributed by atoms with van der Waals surface area (Å²) in [6.07, 6.45) is 0.00152. The van der Waals surface area contributed by atoms with Crippen molar-refractivity contribution in [3.63, 3.8) is 0 Å². The van der Waals surface area contributed by atoms with Gasteiger partial charge < -0.3 is 10.2 Å². The van der Waals surface area contributed by atoms with E-state index in [4.69, 9.17) is 28.3 Å². The first-order valence-corrected chi connectivity index (χ1v) is 9.97. The molecule has 0 aliphatic rings. The Kier molecular flexibility index (Phi) is 6.83. The molecule has 2 amide bonds. The number of rotatable bonds is 6. The van der Waals surface area contributed by atoms with Gasteiger partial charge in [-0.25, -0.2) is 13.6 Å². The van der Waals surface area contributed by atoms with Gasteiger partial charge in [0.25, 0.3) is 0 Å². The molecule has 7 nitrogen and oxygen atoms in total. The third-order valence-electron chi connectivity index (χ3n) is 3.64. The van der Waals surface area contributed by atoms with Crippen LogP contribution in [-0.4, -0.2) is 38.7 Å². The summed E-state index contributed by atoms with van der Waals surface area (Å²) in [6, 6.07) is 10.5. The molecule has 0 unspecified atom stereocenters. The zero-order valence-electron chi connectivity index (χ0n) is 14.3. The Bertz CT molecular complexity index is 942. The molecule has 0 saturated heterocycles. The number of hydrogen-bond acceptors (Lipinski definition) is 4. The number of primary sulfonamides is 1. The van der Waals surface area contributed by atoms with Gasteiger partial charge in [-0.1, -0.05) is 41.4 Å². The van der Waals surface area contributed by atoms with E-state index in [1.165, 1.54) is 36.2 Å². The van der Waals surface area contributed by atoms with Crippen LogP contribution in [-0.2, 0) is 26.0 Å². The van der Waals surface area contributed by atoms with Crippen LogP contribution in [0.25, 0.3) is 0 Å². The Hall–Kier alpha value is -2.13. The van der Waals surface area contributed by atoms with Crippen molar-refractivity contribution in [3.8, 4) is 0 Å². The monoisotopic (exact) mass is 429 g/mol.